The van der Waals surface area contributed by atoms with E-state index in [1.54, 1.807) is 48.5 Å². The van der Waals surface area contributed by atoms with Gasteiger partial charge < -0.3 is 47.3 Å². The number of likely N-dealkylation sites (N-methyl/N-ethyl adjacent to an activating group) is 1. The number of nitrogens with zero attached hydrogens (tertiary/aromatic N) is 1. The Balaban J connectivity index is 6.86. The van der Waals surface area contributed by atoms with E-state index < -0.39 is 31.5 Å². The van der Waals surface area contributed by atoms with Crippen LogP contribution in [0.1, 0.15) is 48.5 Å². The summed E-state index contributed by atoms with van der Waals surface area (Å²) in [6, 6.07) is 0. The molecule has 0 aromatic heterocycles. The van der Waals surface area contributed by atoms with E-state index in [-0.39, 0.29) is 58.8 Å². The third-order valence-electron chi connectivity index (χ3n) is 4.40. The first-order valence-corrected chi connectivity index (χ1v) is 14.7. The molecule has 0 aliphatic heterocycles. The molecule has 1 N–H and O–H groups in total. The Morgan fingerprint density at radius 1 is 0.718 bits per heavy atom. The Morgan fingerprint density at radius 2 is 1.15 bits per heavy atom. The van der Waals surface area contributed by atoms with Gasteiger partial charge in [0, 0.05) is 0 Å². The van der Waals surface area contributed by atoms with Gasteiger partial charge in [0.05, 0.1) is 67.4 Å². The van der Waals surface area contributed by atoms with Crippen molar-refractivity contribution >= 4 is 13.8 Å². The number of carbonyl (C=O) groups is 1. The predicted octanol–water partition coefficient (Wildman–Crippen LogP) is 3.10. The van der Waals surface area contributed by atoms with Gasteiger partial charge in [-0.05, 0) is 48.5 Å². The zero-order chi connectivity index (χ0) is 30.2. The highest BCUT2D eigenvalue weighted by molar-refractivity contribution is 7.47. The number of ether oxygens (including phenoxy) is 8. The molecule has 39 heavy (non-hydrogen) atoms. The number of phosphoric ester groups is 1. The van der Waals surface area contributed by atoms with Crippen LogP contribution in [0.5, 0.6) is 0 Å². The number of esters is 1. The minimum atomic E-state index is -4.93. The second-order valence-electron chi connectivity index (χ2n) is 8.56. The third kappa shape index (κ3) is 12.3. The summed E-state index contributed by atoms with van der Waals surface area (Å²) in [5.41, 5.74) is 0. The molecule has 0 aliphatic carbocycles. The SMILES string of the molecule is CCOC(OCC)=C(OCC)C(=O)OC(OCC)(OCC)C(OCC)(OCC)OP(=O)(O)OCC[N+](C)(C)C. The standard InChI is InChI=1S/C24H48NO13P/c1-11-29-20(22(30-12-2)31-13-3)21(26)37-23(32-14-4,33-15-5)24(34-16-6,35-17-7)38-39(27,28)36-19-18-25(8,9)10/h11-19H2,1-10H3/p+1. The monoisotopic (exact) mass is 590 g/mol. The molecule has 0 aromatic rings. The number of hydrogen-bond acceptors (Lipinski definition) is 12. The van der Waals surface area contributed by atoms with Crippen molar-refractivity contribution in [2.45, 2.75) is 60.4 Å². The first-order chi connectivity index (χ1) is 18.3. The van der Waals surface area contributed by atoms with E-state index in [4.69, 9.17) is 46.9 Å². The summed E-state index contributed by atoms with van der Waals surface area (Å²) >= 11 is 0. The minimum absolute atomic E-state index is 0.0505. The summed E-state index contributed by atoms with van der Waals surface area (Å²) in [6.45, 7) is 11.4. The van der Waals surface area contributed by atoms with Gasteiger partial charge in [-0.15, -0.1) is 0 Å². The fourth-order valence-electron chi connectivity index (χ4n) is 2.98. The van der Waals surface area contributed by atoms with Gasteiger partial charge in [0.1, 0.15) is 13.2 Å². The van der Waals surface area contributed by atoms with Gasteiger partial charge in [0.15, 0.2) is 0 Å². The lowest BCUT2D eigenvalue weighted by Gasteiger charge is -2.44. The highest BCUT2D eigenvalue weighted by atomic mass is 31.2. The fourth-order valence-corrected chi connectivity index (χ4v) is 3.87. The highest BCUT2D eigenvalue weighted by Crippen LogP contribution is 2.52. The summed E-state index contributed by atoms with van der Waals surface area (Å²) in [5.74, 6) is -7.22. The van der Waals surface area contributed by atoms with Gasteiger partial charge in [-0.1, -0.05) is 0 Å². The van der Waals surface area contributed by atoms with Crippen molar-refractivity contribution in [3.63, 3.8) is 0 Å². The lowest BCUT2D eigenvalue weighted by molar-refractivity contribution is -0.870. The summed E-state index contributed by atoms with van der Waals surface area (Å²) in [7, 11) is 0.722. The van der Waals surface area contributed by atoms with Gasteiger partial charge in [-0.2, -0.15) is 0 Å². The molecular weight excluding hydrogens is 541 g/mol. The largest absolute Gasteiger partial charge is 0.482 e. The van der Waals surface area contributed by atoms with Gasteiger partial charge in [0.2, 0.25) is 0 Å². The van der Waals surface area contributed by atoms with Gasteiger partial charge >= 0.3 is 31.7 Å². The number of quaternary nitrogens is 1. The topological polar surface area (TPSA) is 147 Å². The Bertz CT molecular complexity index is 764. The number of hydrogen-bond donors (Lipinski definition) is 1. The van der Waals surface area contributed by atoms with Crippen molar-refractivity contribution in [2.75, 3.05) is 80.5 Å². The van der Waals surface area contributed by atoms with E-state index in [0.29, 0.717) is 11.0 Å². The van der Waals surface area contributed by atoms with Crippen molar-refractivity contribution in [3.8, 4) is 0 Å². The van der Waals surface area contributed by atoms with Gasteiger partial charge in [0.25, 0.3) is 5.76 Å². The molecule has 0 saturated carbocycles. The van der Waals surface area contributed by atoms with E-state index in [0.717, 1.165) is 0 Å². The summed E-state index contributed by atoms with van der Waals surface area (Å²) in [4.78, 5) is 24.2. The first-order valence-electron chi connectivity index (χ1n) is 13.2. The molecule has 0 aromatic carbocycles. The van der Waals surface area contributed by atoms with Crippen LogP contribution in [0.4, 0.5) is 0 Å². The smallest absolute Gasteiger partial charge is 0.477 e. The normalized spacial score (nSPS) is 13.9. The predicted molar refractivity (Wildman–Crippen MR) is 140 cm³/mol. The van der Waals surface area contributed by atoms with Crippen LogP contribution in [0.15, 0.2) is 11.7 Å². The third-order valence-corrected chi connectivity index (χ3v) is 5.38. The van der Waals surface area contributed by atoms with E-state index in [9.17, 15) is 14.3 Å². The molecule has 15 heteroatoms. The molecule has 14 nitrogen and oxygen atoms in total. The fraction of sp³-hybridized carbons (Fsp3) is 0.875. The van der Waals surface area contributed by atoms with Gasteiger partial charge in [-0.3, -0.25) is 4.52 Å². The Hall–Kier alpha value is -1.48. The lowest BCUT2D eigenvalue weighted by atomic mass is 10.4. The summed E-state index contributed by atoms with van der Waals surface area (Å²) in [6.07, 6.45) is 0. The Labute approximate surface area is 232 Å². The maximum atomic E-state index is 13.5. The highest BCUT2D eigenvalue weighted by Gasteiger charge is 2.66. The molecule has 0 aliphatic rings. The van der Waals surface area contributed by atoms with Gasteiger partial charge in [-0.25, -0.2) is 13.9 Å². The zero-order valence-corrected chi connectivity index (χ0v) is 26.0. The van der Waals surface area contributed by atoms with Crippen LogP contribution in [-0.2, 0) is 56.3 Å². The summed E-state index contributed by atoms with van der Waals surface area (Å²) in [5, 5.41) is 0. The van der Waals surface area contributed by atoms with E-state index in [2.05, 4.69) is 0 Å². The molecule has 0 rings (SSSR count). The maximum absolute atomic E-state index is 13.5. The molecule has 0 heterocycles. The van der Waals surface area contributed by atoms with Crippen molar-refractivity contribution in [3.05, 3.63) is 11.7 Å². The van der Waals surface area contributed by atoms with Crippen LogP contribution >= 0.6 is 7.82 Å². The zero-order valence-electron chi connectivity index (χ0n) is 25.1. The minimum Gasteiger partial charge on any atom is -0.482 e. The van der Waals surface area contributed by atoms with Crippen LogP contribution in [0.2, 0.25) is 0 Å². The molecule has 232 valence electrons. The van der Waals surface area contributed by atoms with Crippen LogP contribution < -0.4 is 0 Å². The van der Waals surface area contributed by atoms with Crippen molar-refractivity contribution < 1.29 is 65.7 Å². The lowest BCUT2D eigenvalue weighted by Crippen LogP contribution is -2.64. The van der Waals surface area contributed by atoms with E-state index in [1.807, 2.05) is 21.1 Å². The number of rotatable bonds is 23. The van der Waals surface area contributed by atoms with Crippen LogP contribution in [-0.4, -0.2) is 108 Å². The Morgan fingerprint density at radius 3 is 1.54 bits per heavy atom. The quantitative estimate of drug-likeness (QED) is 0.0465. The first kappa shape index (κ1) is 37.5. The maximum Gasteiger partial charge on any atom is 0.477 e. The molecule has 0 spiro atoms. The van der Waals surface area contributed by atoms with E-state index in [1.165, 1.54) is 0 Å². The van der Waals surface area contributed by atoms with Crippen molar-refractivity contribution in [1.82, 2.24) is 0 Å². The molecule has 0 radical (unpaired) electrons. The molecule has 0 amide bonds. The molecule has 1 atom stereocenters. The molecule has 0 bridgehead atoms. The molecule has 0 fully saturated rings. The Kier molecular flexibility index (Phi) is 17.4. The van der Waals surface area contributed by atoms with Crippen molar-refractivity contribution in [2.24, 2.45) is 0 Å². The molecular formula is C24H49NO13P+. The second kappa shape index (κ2) is 18.1. The summed E-state index contributed by atoms with van der Waals surface area (Å²) < 4.78 is 69.2. The molecule has 1 unspecified atom stereocenters. The number of carbonyl (C=O) groups excluding carboxylic acids is 1. The van der Waals surface area contributed by atoms with E-state index >= 15 is 0 Å². The average Bonchev–Trinajstić information content (AvgIpc) is 2.81. The average molecular weight is 591 g/mol. The van der Waals surface area contributed by atoms with Crippen LogP contribution in [0.25, 0.3) is 0 Å². The van der Waals surface area contributed by atoms with Crippen molar-refractivity contribution in [1.29, 1.82) is 0 Å². The number of phosphoric acid groups is 1. The molecule has 0 saturated heterocycles. The second-order valence-corrected chi connectivity index (χ2v) is 9.93. The van der Waals surface area contributed by atoms with Crippen LogP contribution in [0, 0.1) is 0 Å². The van der Waals surface area contributed by atoms with Crippen LogP contribution in [0.3, 0.4) is 0 Å².